The Kier molecular flexibility index (Phi) is 7.03. The van der Waals surface area contributed by atoms with Crippen LogP contribution in [0, 0.1) is 5.92 Å². The third-order valence-electron chi connectivity index (χ3n) is 3.85. The number of nitrogens with zero attached hydrogens (tertiary/aromatic N) is 1. The summed E-state index contributed by atoms with van der Waals surface area (Å²) in [5, 5.41) is -0.00475. The van der Waals surface area contributed by atoms with Gasteiger partial charge in [-0.25, -0.2) is 4.79 Å². The predicted octanol–water partition coefficient (Wildman–Crippen LogP) is 4.10. The van der Waals surface area contributed by atoms with Gasteiger partial charge in [0.05, 0.1) is 5.92 Å². The molecule has 140 valence electrons. The Bertz CT molecular complexity index is 453. The molecular weight excluding hydrogens is 326 g/mol. The summed E-state index contributed by atoms with van der Waals surface area (Å²) in [6.45, 7) is 13.8. The molecule has 0 bridgehead atoms. The fraction of sp³-hybridized carbons (Fsp3) is 0.889. The second-order valence-electron chi connectivity index (χ2n) is 8.41. The minimum absolute atomic E-state index is 0.00244. The Morgan fingerprint density at radius 1 is 1.08 bits per heavy atom. The number of ether oxygens (including phenoxy) is 2. The first-order valence-electron chi connectivity index (χ1n) is 8.61. The summed E-state index contributed by atoms with van der Waals surface area (Å²) in [6, 6.07) is -0.00244. The normalized spacial score (nSPS) is 21.3. The quantitative estimate of drug-likeness (QED) is 0.708. The molecule has 3 atom stereocenters. The van der Waals surface area contributed by atoms with Gasteiger partial charge in [0, 0.05) is 17.8 Å². The van der Waals surface area contributed by atoms with E-state index < -0.39 is 11.2 Å². The molecule has 24 heavy (non-hydrogen) atoms. The van der Waals surface area contributed by atoms with E-state index in [-0.39, 0.29) is 29.3 Å². The Morgan fingerprint density at radius 2 is 1.62 bits per heavy atom. The molecule has 0 radical (unpaired) electrons. The summed E-state index contributed by atoms with van der Waals surface area (Å²) < 4.78 is 11.1. The molecule has 1 saturated heterocycles. The van der Waals surface area contributed by atoms with Gasteiger partial charge in [0.1, 0.15) is 11.2 Å². The second-order valence-corrected chi connectivity index (χ2v) is 9.42. The van der Waals surface area contributed by atoms with Crippen LogP contribution in [0.1, 0.15) is 61.3 Å². The van der Waals surface area contributed by atoms with Crippen LogP contribution in [0.4, 0.5) is 4.79 Å². The van der Waals surface area contributed by atoms with Crippen molar-refractivity contribution < 1.29 is 19.1 Å². The maximum Gasteiger partial charge on any atom is 0.410 e. The standard InChI is InChI=1S/C18H33NO4S/c1-12(15(20)22-17(2,3)4)14(24-8)13-10-9-11-19(13)16(21)23-18(5,6)7/h12-14H,9-11H2,1-8H3/t12-,13?,14+/m0/s1. The highest BCUT2D eigenvalue weighted by Crippen LogP contribution is 2.33. The maximum absolute atomic E-state index is 12.5. The molecule has 0 aromatic carbocycles. The van der Waals surface area contributed by atoms with E-state index in [0.717, 1.165) is 12.8 Å². The summed E-state index contributed by atoms with van der Waals surface area (Å²) in [5.74, 6) is -0.495. The Morgan fingerprint density at radius 3 is 2.08 bits per heavy atom. The third kappa shape index (κ3) is 6.19. The highest BCUT2D eigenvalue weighted by atomic mass is 32.2. The number of carbonyl (C=O) groups is 2. The van der Waals surface area contributed by atoms with Crippen molar-refractivity contribution in [1.29, 1.82) is 0 Å². The van der Waals surface area contributed by atoms with Gasteiger partial charge in [0.25, 0.3) is 0 Å². The van der Waals surface area contributed by atoms with Crippen LogP contribution in [0.2, 0.25) is 0 Å². The van der Waals surface area contributed by atoms with E-state index in [1.165, 1.54) is 0 Å². The zero-order valence-electron chi connectivity index (χ0n) is 16.3. The number of likely N-dealkylation sites (tertiary alicyclic amines) is 1. The molecule has 5 nitrogen and oxygen atoms in total. The van der Waals surface area contributed by atoms with Gasteiger partial charge in [-0.3, -0.25) is 4.79 Å². The highest BCUT2D eigenvalue weighted by molar-refractivity contribution is 7.99. The summed E-state index contributed by atoms with van der Waals surface area (Å²) in [6.07, 6.45) is 3.51. The van der Waals surface area contributed by atoms with Crippen LogP contribution in [0.5, 0.6) is 0 Å². The van der Waals surface area contributed by atoms with Gasteiger partial charge in [-0.2, -0.15) is 11.8 Å². The zero-order chi connectivity index (χ0) is 18.7. The first-order chi connectivity index (χ1) is 10.9. The van der Waals surface area contributed by atoms with Gasteiger partial charge in [0.15, 0.2) is 0 Å². The number of esters is 1. The molecule has 0 spiro atoms. The van der Waals surface area contributed by atoms with Crippen LogP contribution < -0.4 is 0 Å². The van der Waals surface area contributed by atoms with E-state index >= 15 is 0 Å². The molecular formula is C18H33NO4S. The van der Waals surface area contributed by atoms with E-state index in [1.807, 2.05) is 54.7 Å². The second kappa shape index (κ2) is 7.98. The van der Waals surface area contributed by atoms with E-state index in [0.29, 0.717) is 6.54 Å². The van der Waals surface area contributed by atoms with Gasteiger partial charge in [-0.15, -0.1) is 0 Å². The van der Waals surface area contributed by atoms with Crippen molar-refractivity contribution in [2.45, 2.75) is 83.8 Å². The number of carbonyl (C=O) groups excluding carboxylic acids is 2. The molecule has 6 heteroatoms. The summed E-state index contributed by atoms with van der Waals surface area (Å²) in [5.41, 5.74) is -1.02. The largest absolute Gasteiger partial charge is 0.460 e. The molecule has 1 amide bonds. The number of hydrogen-bond acceptors (Lipinski definition) is 5. The average Bonchev–Trinajstić information content (AvgIpc) is 2.84. The van der Waals surface area contributed by atoms with Crippen molar-refractivity contribution in [3.8, 4) is 0 Å². The van der Waals surface area contributed by atoms with Crippen LogP contribution in [0.3, 0.4) is 0 Å². The van der Waals surface area contributed by atoms with Gasteiger partial charge in [-0.1, -0.05) is 6.92 Å². The first kappa shape index (κ1) is 21.1. The van der Waals surface area contributed by atoms with E-state index in [1.54, 1.807) is 16.7 Å². The van der Waals surface area contributed by atoms with Crippen molar-refractivity contribution in [3.05, 3.63) is 0 Å². The summed E-state index contributed by atoms with van der Waals surface area (Å²) in [4.78, 5) is 26.7. The van der Waals surface area contributed by atoms with Crippen LogP contribution in [-0.2, 0) is 14.3 Å². The number of amides is 1. The van der Waals surface area contributed by atoms with Crippen molar-refractivity contribution in [3.63, 3.8) is 0 Å². The topological polar surface area (TPSA) is 55.8 Å². The molecule has 0 saturated carbocycles. The SMILES string of the molecule is CS[C@@H](C1CCCN1C(=O)OC(C)(C)C)[C@H](C)C(=O)OC(C)(C)C. The van der Waals surface area contributed by atoms with Crippen LogP contribution in [-0.4, -0.2) is 52.3 Å². The summed E-state index contributed by atoms with van der Waals surface area (Å²) in [7, 11) is 0. The lowest BCUT2D eigenvalue weighted by Gasteiger charge is -2.35. The minimum Gasteiger partial charge on any atom is -0.460 e. The third-order valence-corrected chi connectivity index (χ3v) is 5.12. The zero-order valence-corrected chi connectivity index (χ0v) is 17.2. The lowest BCUT2D eigenvalue weighted by molar-refractivity contribution is -0.159. The molecule has 0 aromatic rings. The predicted molar refractivity (Wildman–Crippen MR) is 98.3 cm³/mol. The van der Waals surface area contributed by atoms with Crippen molar-refractivity contribution in [2.24, 2.45) is 5.92 Å². The minimum atomic E-state index is -0.518. The Labute approximate surface area is 150 Å². The molecule has 1 heterocycles. The number of hydrogen-bond donors (Lipinski definition) is 0. The van der Waals surface area contributed by atoms with Crippen molar-refractivity contribution >= 4 is 23.8 Å². The lowest BCUT2D eigenvalue weighted by Crippen LogP contribution is -2.47. The van der Waals surface area contributed by atoms with Crippen molar-refractivity contribution in [2.75, 3.05) is 12.8 Å². The number of rotatable bonds is 4. The molecule has 1 aliphatic rings. The lowest BCUT2D eigenvalue weighted by atomic mass is 9.99. The van der Waals surface area contributed by atoms with E-state index in [4.69, 9.17) is 9.47 Å². The summed E-state index contributed by atoms with van der Waals surface area (Å²) >= 11 is 1.62. The molecule has 1 aliphatic heterocycles. The molecule has 1 unspecified atom stereocenters. The average molecular weight is 360 g/mol. The monoisotopic (exact) mass is 359 g/mol. The molecule has 0 aromatic heterocycles. The Hall–Kier alpha value is -0.910. The molecule has 1 rings (SSSR count). The molecule has 0 N–H and O–H groups in total. The van der Waals surface area contributed by atoms with E-state index in [9.17, 15) is 9.59 Å². The van der Waals surface area contributed by atoms with Gasteiger partial charge < -0.3 is 14.4 Å². The van der Waals surface area contributed by atoms with Crippen molar-refractivity contribution in [1.82, 2.24) is 4.90 Å². The number of thioether (sulfide) groups is 1. The van der Waals surface area contributed by atoms with Crippen LogP contribution in [0.15, 0.2) is 0 Å². The highest BCUT2D eigenvalue weighted by Gasteiger charge is 2.41. The molecule has 1 fully saturated rings. The van der Waals surface area contributed by atoms with Gasteiger partial charge >= 0.3 is 12.1 Å². The van der Waals surface area contributed by atoms with Crippen LogP contribution >= 0.6 is 11.8 Å². The fourth-order valence-corrected chi connectivity index (χ4v) is 4.02. The maximum atomic E-state index is 12.5. The van der Waals surface area contributed by atoms with Gasteiger partial charge in [0.2, 0.25) is 0 Å². The fourth-order valence-electron chi connectivity index (χ4n) is 2.90. The first-order valence-corrected chi connectivity index (χ1v) is 9.90. The van der Waals surface area contributed by atoms with Crippen LogP contribution in [0.25, 0.3) is 0 Å². The van der Waals surface area contributed by atoms with E-state index in [2.05, 4.69) is 0 Å². The smallest absolute Gasteiger partial charge is 0.410 e. The van der Waals surface area contributed by atoms with Gasteiger partial charge in [-0.05, 0) is 60.6 Å². The Balaban J connectivity index is 2.85. The molecule has 0 aliphatic carbocycles.